The molecule has 0 aromatic carbocycles. The van der Waals surface area contributed by atoms with Gasteiger partial charge in [0.1, 0.15) is 0 Å². The molecule has 0 unspecified atom stereocenters. The van der Waals surface area contributed by atoms with Crippen LogP contribution in [0, 0.1) is 0 Å². The highest BCUT2D eigenvalue weighted by atomic mass is 32.1. The minimum atomic E-state index is -0.319. The Morgan fingerprint density at radius 3 is 3.06 bits per heavy atom. The number of carbonyl (C=O) groups is 1. The lowest BCUT2D eigenvalue weighted by Crippen LogP contribution is -2.14. The molecule has 0 spiro atoms. The Labute approximate surface area is 101 Å². The summed E-state index contributed by atoms with van der Waals surface area (Å²) in [4.78, 5) is 15.9. The summed E-state index contributed by atoms with van der Waals surface area (Å²) in [5.41, 5.74) is 7.50. The molecular formula is C10H11N5OS. The number of nitrogens with two attached hydrogens (primary N) is 1. The smallest absolute Gasteiger partial charge is 0.280 e. The highest BCUT2D eigenvalue weighted by molar-refractivity contribution is 7.13. The summed E-state index contributed by atoms with van der Waals surface area (Å²) in [7, 11) is 0. The van der Waals surface area contributed by atoms with E-state index < -0.39 is 0 Å². The first kappa shape index (κ1) is 10.3. The van der Waals surface area contributed by atoms with Gasteiger partial charge in [0.25, 0.3) is 5.91 Å². The second kappa shape index (κ2) is 3.85. The van der Waals surface area contributed by atoms with Crippen LogP contribution in [0.4, 0.5) is 10.8 Å². The van der Waals surface area contributed by atoms with E-state index in [9.17, 15) is 4.79 Å². The van der Waals surface area contributed by atoms with Crippen molar-refractivity contribution in [3.8, 4) is 0 Å². The molecule has 1 aliphatic rings. The second-order valence-electron chi connectivity index (χ2n) is 3.97. The highest BCUT2D eigenvalue weighted by Crippen LogP contribution is 2.42. The first-order valence-electron chi connectivity index (χ1n) is 5.30. The predicted molar refractivity (Wildman–Crippen MR) is 65.0 cm³/mol. The van der Waals surface area contributed by atoms with Gasteiger partial charge in [0.15, 0.2) is 10.8 Å². The molecule has 17 heavy (non-hydrogen) atoms. The Morgan fingerprint density at radius 2 is 2.41 bits per heavy atom. The second-order valence-corrected chi connectivity index (χ2v) is 4.86. The molecule has 1 amide bonds. The third kappa shape index (κ3) is 1.89. The van der Waals surface area contributed by atoms with E-state index in [1.165, 1.54) is 11.3 Å². The van der Waals surface area contributed by atoms with Gasteiger partial charge in [-0.3, -0.25) is 15.2 Å². The van der Waals surface area contributed by atoms with Crippen LogP contribution in [0.3, 0.4) is 0 Å². The molecule has 0 atom stereocenters. The molecule has 0 bridgehead atoms. The quantitative estimate of drug-likeness (QED) is 0.769. The van der Waals surface area contributed by atoms with Gasteiger partial charge >= 0.3 is 0 Å². The van der Waals surface area contributed by atoms with E-state index in [0.717, 1.165) is 18.5 Å². The Balaban J connectivity index is 1.81. The number of nitrogens with zero attached hydrogens (tertiary/aromatic N) is 2. The normalized spacial score (nSPS) is 14.8. The van der Waals surface area contributed by atoms with Crippen molar-refractivity contribution in [2.45, 2.75) is 18.8 Å². The van der Waals surface area contributed by atoms with E-state index >= 15 is 0 Å². The molecule has 1 saturated carbocycles. The van der Waals surface area contributed by atoms with Gasteiger partial charge in [0.2, 0.25) is 0 Å². The lowest BCUT2D eigenvalue weighted by molar-refractivity contribution is 0.102. The standard InChI is InChI=1S/C10H11N5OS/c11-6-7(5-1-2-5)14-15-8(6)9(16)13-10-12-3-4-17-10/h3-5H,1-2,11H2,(H,14,15)(H,12,13,16). The topological polar surface area (TPSA) is 96.7 Å². The summed E-state index contributed by atoms with van der Waals surface area (Å²) in [5, 5.41) is 11.8. The molecule has 0 radical (unpaired) electrons. The molecule has 88 valence electrons. The summed E-state index contributed by atoms with van der Waals surface area (Å²) in [6.45, 7) is 0. The Hall–Kier alpha value is -1.89. The number of H-pyrrole nitrogens is 1. The van der Waals surface area contributed by atoms with Crippen LogP contribution in [0.25, 0.3) is 0 Å². The fourth-order valence-electron chi connectivity index (χ4n) is 1.66. The summed E-state index contributed by atoms with van der Waals surface area (Å²) >= 11 is 1.36. The summed E-state index contributed by atoms with van der Waals surface area (Å²) in [6, 6.07) is 0. The number of amides is 1. The number of rotatable bonds is 3. The van der Waals surface area contributed by atoms with Crippen molar-refractivity contribution in [3.63, 3.8) is 0 Å². The molecule has 3 rings (SSSR count). The molecule has 1 aliphatic carbocycles. The van der Waals surface area contributed by atoms with Crippen LogP contribution in [0.2, 0.25) is 0 Å². The Bertz CT molecular complexity index is 543. The van der Waals surface area contributed by atoms with Crippen molar-refractivity contribution in [2.24, 2.45) is 0 Å². The minimum Gasteiger partial charge on any atom is -0.395 e. The van der Waals surface area contributed by atoms with E-state index in [4.69, 9.17) is 5.73 Å². The van der Waals surface area contributed by atoms with E-state index in [1.807, 2.05) is 0 Å². The van der Waals surface area contributed by atoms with Crippen LogP contribution in [0.1, 0.15) is 34.9 Å². The molecule has 6 nitrogen and oxygen atoms in total. The van der Waals surface area contributed by atoms with Crippen molar-refractivity contribution >= 4 is 28.1 Å². The lowest BCUT2D eigenvalue weighted by atomic mass is 10.2. The maximum Gasteiger partial charge on any atom is 0.280 e. The van der Waals surface area contributed by atoms with Crippen LogP contribution < -0.4 is 11.1 Å². The number of aromatic nitrogens is 3. The van der Waals surface area contributed by atoms with Crippen LogP contribution in [-0.2, 0) is 0 Å². The van der Waals surface area contributed by atoms with Crippen molar-refractivity contribution in [2.75, 3.05) is 11.1 Å². The number of hydrogen-bond acceptors (Lipinski definition) is 5. The fraction of sp³-hybridized carbons (Fsp3) is 0.300. The number of nitrogen functional groups attached to an aromatic ring is 1. The van der Waals surface area contributed by atoms with Gasteiger partial charge < -0.3 is 5.73 Å². The van der Waals surface area contributed by atoms with Crippen molar-refractivity contribution < 1.29 is 4.79 Å². The van der Waals surface area contributed by atoms with Gasteiger partial charge in [0.05, 0.1) is 11.4 Å². The number of aromatic amines is 1. The Kier molecular flexibility index (Phi) is 2.32. The van der Waals surface area contributed by atoms with Crippen molar-refractivity contribution in [3.05, 3.63) is 23.0 Å². The highest BCUT2D eigenvalue weighted by Gasteiger charge is 2.30. The van der Waals surface area contributed by atoms with Gasteiger partial charge in [-0.05, 0) is 12.8 Å². The number of thiazole rings is 1. The molecule has 2 heterocycles. The molecule has 2 aromatic heterocycles. The number of hydrogen-bond donors (Lipinski definition) is 3. The third-order valence-corrected chi connectivity index (χ3v) is 3.38. The van der Waals surface area contributed by atoms with E-state index in [2.05, 4.69) is 20.5 Å². The Morgan fingerprint density at radius 1 is 1.59 bits per heavy atom. The average molecular weight is 249 g/mol. The first-order valence-corrected chi connectivity index (χ1v) is 6.18. The molecule has 2 aromatic rings. The maximum absolute atomic E-state index is 11.9. The molecular weight excluding hydrogens is 238 g/mol. The predicted octanol–water partition coefficient (Wildman–Crippen LogP) is 1.58. The zero-order valence-electron chi connectivity index (χ0n) is 8.93. The van der Waals surface area contributed by atoms with Gasteiger partial charge in [-0.15, -0.1) is 11.3 Å². The maximum atomic E-state index is 11.9. The van der Waals surface area contributed by atoms with E-state index in [1.54, 1.807) is 11.6 Å². The summed E-state index contributed by atoms with van der Waals surface area (Å²) < 4.78 is 0. The van der Waals surface area contributed by atoms with Crippen molar-refractivity contribution in [1.29, 1.82) is 0 Å². The molecule has 7 heteroatoms. The van der Waals surface area contributed by atoms with Gasteiger partial charge in [0, 0.05) is 17.5 Å². The average Bonchev–Trinajstić information content (AvgIpc) is 2.88. The summed E-state index contributed by atoms with van der Waals surface area (Å²) in [6.07, 6.45) is 3.85. The molecule has 1 fully saturated rings. The molecule has 4 N–H and O–H groups in total. The number of nitrogens with one attached hydrogen (secondary N) is 2. The van der Waals surface area contributed by atoms with Gasteiger partial charge in [-0.25, -0.2) is 4.98 Å². The van der Waals surface area contributed by atoms with Gasteiger partial charge in [-0.2, -0.15) is 5.10 Å². The largest absolute Gasteiger partial charge is 0.395 e. The van der Waals surface area contributed by atoms with Crippen LogP contribution in [0.15, 0.2) is 11.6 Å². The summed E-state index contributed by atoms with van der Waals surface area (Å²) in [5.74, 6) is 0.129. The monoisotopic (exact) mass is 249 g/mol. The lowest BCUT2D eigenvalue weighted by Gasteiger charge is -1.99. The first-order chi connectivity index (χ1) is 8.25. The SMILES string of the molecule is Nc1c(C(=O)Nc2nccs2)n[nH]c1C1CC1. The van der Waals surface area contributed by atoms with E-state index in [0.29, 0.717) is 16.7 Å². The number of carbonyl (C=O) groups excluding carboxylic acids is 1. The zero-order chi connectivity index (χ0) is 11.8. The third-order valence-electron chi connectivity index (χ3n) is 2.69. The van der Waals surface area contributed by atoms with Crippen LogP contribution in [0.5, 0.6) is 0 Å². The van der Waals surface area contributed by atoms with Gasteiger partial charge in [-0.1, -0.05) is 0 Å². The van der Waals surface area contributed by atoms with Crippen molar-refractivity contribution in [1.82, 2.24) is 15.2 Å². The van der Waals surface area contributed by atoms with E-state index in [-0.39, 0.29) is 11.6 Å². The number of anilines is 2. The minimum absolute atomic E-state index is 0.252. The molecule has 0 aliphatic heterocycles. The van der Waals surface area contributed by atoms with Crippen LogP contribution >= 0.6 is 11.3 Å². The van der Waals surface area contributed by atoms with Crippen LogP contribution in [-0.4, -0.2) is 21.1 Å². The zero-order valence-corrected chi connectivity index (χ0v) is 9.75. The fourth-order valence-corrected chi connectivity index (χ4v) is 2.19. The molecule has 0 saturated heterocycles.